The third kappa shape index (κ3) is 4.11. The Morgan fingerprint density at radius 2 is 1.94 bits per heavy atom. The minimum absolute atomic E-state index is 0.0185. The number of aromatic nitrogens is 1. The molecule has 3 aromatic rings. The molecular formula is C25H26N2O5S. The van der Waals surface area contributed by atoms with Gasteiger partial charge in [0.25, 0.3) is 5.91 Å². The van der Waals surface area contributed by atoms with E-state index in [1.54, 1.807) is 14.2 Å². The number of amides is 1. The van der Waals surface area contributed by atoms with Gasteiger partial charge in [-0.2, -0.15) is 0 Å². The van der Waals surface area contributed by atoms with Crippen LogP contribution in [0.1, 0.15) is 33.9 Å². The number of likely N-dealkylation sites (tertiary alicyclic amines) is 1. The topological polar surface area (TPSA) is 70.1 Å². The molecule has 2 aromatic carbocycles. The van der Waals surface area contributed by atoms with Gasteiger partial charge in [0.2, 0.25) is 6.79 Å². The number of hydrogen-bond acceptors (Lipinski definition) is 7. The molecule has 0 unspecified atom stereocenters. The first-order chi connectivity index (χ1) is 16.1. The van der Waals surface area contributed by atoms with Gasteiger partial charge >= 0.3 is 0 Å². The van der Waals surface area contributed by atoms with Crippen molar-refractivity contribution >= 4 is 17.2 Å². The normalized spacial score (nSPS) is 16.8. The average molecular weight is 467 g/mol. The molecule has 2 aliphatic rings. The summed E-state index contributed by atoms with van der Waals surface area (Å²) in [4.78, 5) is 21.2. The van der Waals surface area contributed by atoms with Crippen molar-refractivity contribution in [2.24, 2.45) is 0 Å². The largest absolute Gasteiger partial charge is 0.493 e. The maximum atomic E-state index is 13.7. The van der Waals surface area contributed by atoms with E-state index in [1.165, 1.54) is 11.3 Å². The zero-order valence-electron chi connectivity index (χ0n) is 18.9. The summed E-state index contributed by atoms with van der Waals surface area (Å²) in [6, 6.07) is 11.8. The molecule has 3 heterocycles. The van der Waals surface area contributed by atoms with Crippen molar-refractivity contribution in [2.45, 2.75) is 32.2 Å². The predicted octanol–water partition coefficient (Wildman–Crippen LogP) is 4.71. The maximum Gasteiger partial charge on any atom is 0.274 e. The molecule has 1 saturated heterocycles. The van der Waals surface area contributed by atoms with Crippen molar-refractivity contribution in [1.82, 2.24) is 9.88 Å². The van der Waals surface area contributed by atoms with Crippen LogP contribution in [0.15, 0.2) is 36.4 Å². The Balaban J connectivity index is 1.40. The Hall–Kier alpha value is -3.26. The number of rotatable bonds is 6. The molecule has 1 fully saturated rings. The number of nitrogens with zero attached hydrogens (tertiary/aromatic N) is 2. The molecule has 33 heavy (non-hydrogen) atoms. The average Bonchev–Trinajstić information content (AvgIpc) is 3.57. The van der Waals surface area contributed by atoms with Crippen molar-refractivity contribution in [2.75, 3.05) is 27.6 Å². The van der Waals surface area contributed by atoms with Crippen LogP contribution < -0.4 is 18.9 Å². The van der Waals surface area contributed by atoms with Gasteiger partial charge in [0.1, 0.15) is 5.69 Å². The van der Waals surface area contributed by atoms with Crippen molar-refractivity contribution in [3.8, 4) is 33.4 Å². The van der Waals surface area contributed by atoms with E-state index in [0.717, 1.165) is 52.6 Å². The molecule has 0 radical (unpaired) electrons. The summed E-state index contributed by atoms with van der Waals surface area (Å²) in [7, 11) is 3.26. The first-order valence-corrected chi connectivity index (χ1v) is 11.8. The standard InChI is InChI=1S/C25H26N2O5S/c1-15-26-23(24(33-15)17-7-9-20-22(13-17)32-14-31-20)25(28)27-10-4-5-18(27)11-16-6-8-19(29-2)21(12-16)30-3/h6-9,12-13,18H,4-5,10-11,14H2,1-3H3/t18-/m0/s1. The molecule has 0 aliphatic carbocycles. The van der Waals surface area contributed by atoms with E-state index in [1.807, 2.05) is 48.2 Å². The summed E-state index contributed by atoms with van der Waals surface area (Å²) in [5.41, 5.74) is 2.54. The molecule has 7 nitrogen and oxygen atoms in total. The summed E-state index contributed by atoms with van der Waals surface area (Å²) in [6.07, 6.45) is 2.70. The zero-order chi connectivity index (χ0) is 22.9. The van der Waals surface area contributed by atoms with Gasteiger partial charge in [-0.15, -0.1) is 11.3 Å². The maximum absolute atomic E-state index is 13.7. The zero-order valence-corrected chi connectivity index (χ0v) is 19.7. The summed E-state index contributed by atoms with van der Waals surface area (Å²) >= 11 is 1.53. The number of fused-ring (bicyclic) bond motifs is 1. The Kier molecular flexibility index (Phi) is 5.85. The molecule has 0 saturated carbocycles. The number of benzene rings is 2. The number of methoxy groups -OCH3 is 2. The second-order valence-electron chi connectivity index (χ2n) is 8.17. The Labute approximate surface area is 196 Å². The highest BCUT2D eigenvalue weighted by molar-refractivity contribution is 7.15. The molecule has 2 aliphatic heterocycles. The first kappa shape index (κ1) is 21.6. The summed E-state index contributed by atoms with van der Waals surface area (Å²) < 4.78 is 21.8. The number of carbonyl (C=O) groups is 1. The second-order valence-corrected chi connectivity index (χ2v) is 9.37. The summed E-state index contributed by atoms with van der Waals surface area (Å²) in [5.74, 6) is 2.81. The predicted molar refractivity (Wildman–Crippen MR) is 126 cm³/mol. The van der Waals surface area contributed by atoms with Crippen LogP contribution in [0.2, 0.25) is 0 Å². The van der Waals surface area contributed by atoms with E-state index in [2.05, 4.69) is 4.98 Å². The van der Waals surface area contributed by atoms with Crippen molar-refractivity contribution in [1.29, 1.82) is 0 Å². The van der Waals surface area contributed by atoms with E-state index in [0.29, 0.717) is 22.9 Å². The highest BCUT2D eigenvalue weighted by Gasteiger charge is 2.33. The van der Waals surface area contributed by atoms with Gasteiger partial charge in [-0.25, -0.2) is 4.98 Å². The molecule has 172 valence electrons. The molecule has 1 atom stereocenters. The third-order valence-electron chi connectivity index (χ3n) is 6.13. The fraction of sp³-hybridized carbons (Fsp3) is 0.360. The minimum atomic E-state index is -0.0185. The lowest BCUT2D eigenvalue weighted by atomic mass is 10.0. The monoisotopic (exact) mass is 466 g/mol. The number of hydrogen-bond donors (Lipinski definition) is 0. The van der Waals surface area contributed by atoms with E-state index >= 15 is 0 Å². The Morgan fingerprint density at radius 3 is 2.76 bits per heavy atom. The fourth-order valence-corrected chi connectivity index (χ4v) is 5.44. The van der Waals surface area contributed by atoms with Crippen LogP contribution in [0.3, 0.4) is 0 Å². The lowest BCUT2D eigenvalue weighted by molar-refractivity contribution is 0.0732. The lowest BCUT2D eigenvalue weighted by Crippen LogP contribution is -2.37. The van der Waals surface area contributed by atoms with E-state index in [9.17, 15) is 4.79 Å². The van der Waals surface area contributed by atoms with Crippen LogP contribution in [0.5, 0.6) is 23.0 Å². The van der Waals surface area contributed by atoms with Crippen molar-refractivity contribution < 1.29 is 23.7 Å². The van der Waals surface area contributed by atoms with Gasteiger partial charge in [0.05, 0.1) is 24.1 Å². The third-order valence-corrected chi connectivity index (χ3v) is 7.15. The van der Waals surface area contributed by atoms with Gasteiger partial charge in [-0.05, 0) is 67.6 Å². The van der Waals surface area contributed by atoms with Crippen LogP contribution in [0, 0.1) is 6.92 Å². The summed E-state index contributed by atoms with van der Waals surface area (Å²) in [6.45, 7) is 2.88. The minimum Gasteiger partial charge on any atom is -0.493 e. The quantitative estimate of drug-likeness (QED) is 0.524. The lowest BCUT2D eigenvalue weighted by Gasteiger charge is -2.25. The van der Waals surface area contributed by atoms with Crippen molar-refractivity contribution in [3.05, 3.63) is 52.7 Å². The van der Waals surface area contributed by atoms with E-state index < -0.39 is 0 Å². The highest BCUT2D eigenvalue weighted by Crippen LogP contribution is 2.39. The molecule has 0 spiro atoms. The molecule has 5 rings (SSSR count). The van der Waals surface area contributed by atoms with E-state index in [4.69, 9.17) is 18.9 Å². The van der Waals surface area contributed by atoms with Gasteiger partial charge in [0, 0.05) is 12.6 Å². The molecule has 1 aromatic heterocycles. The van der Waals surface area contributed by atoms with Crippen molar-refractivity contribution in [3.63, 3.8) is 0 Å². The van der Waals surface area contributed by atoms with Crippen LogP contribution in [0.4, 0.5) is 0 Å². The van der Waals surface area contributed by atoms with Crippen LogP contribution >= 0.6 is 11.3 Å². The number of carbonyl (C=O) groups excluding carboxylic acids is 1. The molecule has 0 bridgehead atoms. The molecule has 1 amide bonds. The first-order valence-electron chi connectivity index (χ1n) is 11.0. The van der Waals surface area contributed by atoms with Gasteiger partial charge in [0.15, 0.2) is 23.0 Å². The fourth-order valence-electron chi connectivity index (χ4n) is 4.54. The number of thiazole rings is 1. The van der Waals surface area contributed by atoms with Crippen LogP contribution in [-0.4, -0.2) is 49.4 Å². The van der Waals surface area contributed by atoms with Crippen LogP contribution in [-0.2, 0) is 6.42 Å². The highest BCUT2D eigenvalue weighted by atomic mass is 32.1. The van der Waals surface area contributed by atoms with Gasteiger partial charge in [-0.1, -0.05) is 6.07 Å². The molecule has 0 N–H and O–H groups in total. The summed E-state index contributed by atoms with van der Waals surface area (Å²) in [5, 5.41) is 0.863. The Bertz CT molecular complexity index is 1190. The van der Waals surface area contributed by atoms with E-state index in [-0.39, 0.29) is 18.7 Å². The Morgan fingerprint density at radius 1 is 1.12 bits per heavy atom. The smallest absolute Gasteiger partial charge is 0.274 e. The molecule has 8 heteroatoms. The SMILES string of the molecule is COc1ccc(C[C@@H]2CCCN2C(=O)c2nc(C)sc2-c2ccc3c(c2)OCO3)cc1OC. The number of ether oxygens (including phenoxy) is 4. The van der Waals surface area contributed by atoms with Gasteiger partial charge in [-0.3, -0.25) is 4.79 Å². The van der Waals surface area contributed by atoms with Gasteiger partial charge < -0.3 is 23.8 Å². The second kappa shape index (κ2) is 8.94. The number of aryl methyl sites for hydroxylation is 1. The van der Waals surface area contributed by atoms with Crippen LogP contribution in [0.25, 0.3) is 10.4 Å². The molecular weight excluding hydrogens is 440 g/mol.